The molecule has 0 amide bonds. The van der Waals surface area contributed by atoms with E-state index in [1.807, 2.05) is 13.8 Å². The van der Waals surface area contributed by atoms with E-state index >= 15 is 0 Å². The van der Waals surface area contributed by atoms with Crippen molar-refractivity contribution in [3.63, 3.8) is 0 Å². The van der Waals surface area contributed by atoms with Crippen molar-refractivity contribution in [3.05, 3.63) is 27.7 Å². The average molecular weight is 297 g/mol. The molecule has 0 radical (unpaired) electrons. The minimum absolute atomic E-state index is 0.285. The number of nitrogens with zero attached hydrogens (tertiary/aromatic N) is 1. The topological polar surface area (TPSA) is 61.3 Å². The van der Waals surface area contributed by atoms with Crippen molar-refractivity contribution in [1.29, 1.82) is 0 Å². The minimum Gasteiger partial charge on any atom is -0.496 e. The summed E-state index contributed by atoms with van der Waals surface area (Å²) in [6.45, 7) is 4.01. The molecule has 0 aliphatic rings. The Bertz CT molecular complexity index is 564. The number of nitrogen functional groups attached to an aromatic ring is 1. The highest BCUT2D eigenvalue weighted by molar-refractivity contribution is 9.10. The molecule has 0 spiro atoms. The molecule has 0 fully saturated rings. The van der Waals surface area contributed by atoms with Gasteiger partial charge in [-0.25, -0.2) is 0 Å². The predicted octanol–water partition coefficient (Wildman–Crippen LogP) is 3.31. The Morgan fingerprint density at radius 2 is 2.00 bits per heavy atom. The Morgan fingerprint density at radius 3 is 2.53 bits per heavy atom. The molecular formula is C12H13BrN2O2. The zero-order valence-corrected chi connectivity index (χ0v) is 11.5. The molecule has 0 atom stereocenters. The highest BCUT2D eigenvalue weighted by Gasteiger charge is 2.18. The minimum atomic E-state index is 0.285. The molecule has 90 valence electrons. The van der Waals surface area contributed by atoms with Crippen LogP contribution in [0.5, 0.6) is 5.75 Å². The molecule has 0 bridgehead atoms. The van der Waals surface area contributed by atoms with Gasteiger partial charge < -0.3 is 15.0 Å². The summed E-state index contributed by atoms with van der Waals surface area (Å²) in [5.41, 5.74) is 9.24. The first kappa shape index (κ1) is 12.0. The van der Waals surface area contributed by atoms with Crippen LogP contribution in [-0.4, -0.2) is 12.3 Å². The van der Waals surface area contributed by atoms with E-state index in [2.05, 4.69) is 27.2 Å². The summed E-state index contributed by atoms with van der Waals surface area (Å²) in [7, 11) is 1.64. The van der Waals surface area contributed by atoms with Gasteiger partial charge in [-0.15, -0.1) is 0 Å². The number of rotatable bonds is 2. The van der Waals surface area contributed by atoms with Gasteiger partial charge in [0.05, 0.1) is 12.7 Å². The van der Waals surface area contributed by atoms with Crippen molar-refractivity contribution in [3.8, 4) is 17.0 Å². The van der Waals surface area contributed by atoms with Gasteiger partial charge in [-0.1, -0.05) is 11.2 Å². The van der Waals surface area contributed by atoms with Crippen LogP contribution >= 0.6 is 15.9 Å². The van der Waals surface area contributed by atoms with E-state index in [9.17, 15) is 0 Å². The molecule has 4 nitrogen and oxygen atoms in total. The van der Waals surface area contributed by atoms with Gasteiger partial charge in [-0.2, -0.15) is 0 Å². The van der Waals surface area contributed by atoms with E-state index in [4.69, 9.17) is 15.0 Å². The van der Waals surface area contributed by atoms with Crippen molar-refractivity contribution < 1.29 is 9.26 Å². The number of aromatic nitrogens is 1. The number of aryl methyl sites for hydroxylation is 2. The van der Waals surface area contributed by atoms with Crippen molar-refractivity contribution in [2.75, 3.05) is 12.8 Å². The Kier molecular flexibility index (Phi) is 3.11. The maximum absolute atomic E-state index is 5.55. The lowest BCUT2D eigenvalue weighted by Crippen LogP contribution is -1.95. The first-order valence-electron chi connectivity index (χ1n) is 5.11. The molecule has 17 heavy (non-hydrogen) atoms. The van der Waals surface area contributed by atoms with Crippen molar-refractivity contribution in [2.24, 2.45) is 0 Å². The summed E-state index contributed by atoms with van der Waals surface area (Å²) in [5.74, 6) is 1.06. The maximum atomic E-state index is 5.55. The van der Waals surface area contributed by atoms with Crippen LogP contribution in [0.1, 0.15) is 11.1 Å². The highest BCUT2D eigenvalue weighted by atomic mass is 79.9. The Morgan fingerprint density at radius 1 is 1.29 bits per heavy atom. The number of halogens is 1. The van der Waals surface area contributed by atoms with Crippen molar-refractivity contribution in [2.45, 2.75) is 13.8 Å². The molecule has 2 rings (SSSR count). The second-order valence-corrected chi connectivity index (χ2v) is 4.64. The van der Waals surface area contributed by atoms with Crippen LogP contribution in [-0.2, 0) is 0 Å². The molecule has 1 heterocycles. The molecule has 2 N–H and O–H groups in total. The molecule has 1 aromatic carbocycles. The number of anilines is 1. The second-order valence-electron chi connectivity index (χ2n) is 3.85. The summed E-state index contributed by atoms with van der Waals surface area (Å²) in [4.78, 5) is 0. The zero-order chi connectivity index (χ0) is 12.6. The molecular weight excluding hydrogens is 284 g/mol. The molecule has 2 aromatic rings. The first-order valence-corrected chi connectivity index (χ1v) is 5.90. The Balaban J connectivity index is 2.74. The highest BCUT2D eigenvalue weighted by Crippen LogP contribution is 2.40. The van der Waals surface area contributed by atoms with Crippen LogP contribution in [0.2, 0.25) is 0 Å². The van der Waals surface area contributed by atoms with Gasteiger partial charge in [-0.05, 0) is 40.9 Å². The average Bonchev–Trinajstić information content (AvgIpc) is 2.69. The lowest BCUT2D eigenvalue weighted by Gasteiger charge is -2.13. The van der Waals surface area contributed by atoms with Crippen LogP contribution in [0.3, 0.4) is 0 Å². The SMILES string of the molecule is COc1c(C)cc(C)c(Br)c1-c1cc(N)on1. The molecule has 0 aliphatic carbocycles. The van der Waals surface area contributed by atoms with Crippen molar-refractivity contribution in [1.82, 2.24) is 5.16 Å². The first-order chi connectivity index (χ1) is 8.04. The standard InChI is InChI=1S/C12H13BrN2O2/c1-6-4-7(2)12(16-3)10(11(6)13)8-5-9(14)17-15-8/h4-5H,14H2,1-3H3. The Hall–Kier alpha value is -1.49. The quantitative estimate of drug-likeness (QED) is 0.923. The van der Waals surface area contributed by atoms with E-state index in [0.29, 0.717) is 5.69 Å². The normalized spacial score (nSPS) is 10.6. The summed E-state index contributed by atoms with van der Waals surface area (Å²) in [6.07, 6.45) is 0. The summed E-state index contributed by atoms with van der Waals surface area (Å²) in [6, 6.07) is 3.73. The number of hydrogen-bond acceptors (Lipinski definition) is 4. The van der Waals surface area contributed by atoms with Crippen LogP contribution in [0.15, 0.2) is 21.1 Å². The van der Waals surface area contributed by atoms with E-state index in [-0.39, 0.29) is 5.88 Å². The van der Waals surface area contributed by atoms with Gasteiger partial charge in [0, 0.05) is 10.5 Å². The second kappa shape index (κ2) is 4.41. The molecule has 5 heteroatoms. The summed E-state index contributed by atoms with van der Waals surface area (Å²) in [5, 5.41) is 3.93. The van der Waals surface area contributed by atoms with Crippen molar-refractivity contribution >= 4 is 21.8 Å². The number of hydrogen-bond donors (Lipinski definition) is 1. The van der Waals surface area contributed by atoms with Crippen LogP contribution in [0, 0.1) is 13.8 Å². The Labute approximate surface area is 108 Å². The van der Waals surface area contributed by atoms with Crippen LogP contribution < -0.4 is 10.5 Å². The third kappa shape index (κ3) is 2.02. The van der Waals surface area contributed by atoms with Gasteiger partial charge in [-0.3, -0.25) is 0 Å². The smallest absolute Gasteiger partial charge is 0.222 e. The third-order valence-electron chi connectivity index (χ3n) is 2.57. The molecule has 0 saturated heterocycles. The molecule has 0 aliphatic heterocycles. The molecule has 0 saturated carbocycles. The van der Waals surface area contributed by atoms with Gasteiger partial charge in [0.15, 0.2) is 0 Å². The lowest BCUT2D eigenvalue weighted by atomic mass is 10.0. The largest absolute Gasteiger partial charge is 0.496 e. The summed E-state index contributed by atoms with van der Waals surface area (Å²) < 4.78 is 11.3. The number of methoxy groups -OCH3 is 1. The number of ether oxygens (including phenoxy) is 1. The number of nitrogens with two attached hydrogens (primary N) is 1. The van der Waals surface area contributed by atoms with Gasteiger partial charge >= 0.3 is 0 Å². The van der Waals surface area contributed by atoms with E-state index in [0.717, 1.165) is 26.9 Å². The summed E-state index contributed by atoms with van der Waals surface area (Å²) >= 11 is 3.55. The van der Waals surface area contributed by atoms with Gasteiger partial charge in [0.1, 0.15) is 11.4 Å². The van der Waals surface area contributed by atoms with E-state index in [1.165, 1.54) is 0 Å². The van der Waals surface area contributed by atoms with Crippen LogP contribution in [0.4, 0.5) is 5.88 Å². The predicted molar refractivity (Wildman–Crippen MR) is 70.1 cm³/mol. The van der Waals surface area contributed by atoms with Gasteiger partial charge in [0.2, 0.25) is 5.88 Å². The fraction of sp³-hybridized carbons (Fsp3) is 0.250. The lowest BCUT2D eigenvalue weighted by molar-refractivity contribution is 0.410. The molecule has 1 aromatic heterocycles. The zero-order valence-electron chi connectivity index (χ0n) is 9.87. The fourth-order valence-electron chi connectivity index (χ4n) is 1.85. The third-order valence-corrected chi connectivity index (χ3v) is 3.59. The van der Waals surface area contributed by atoms with Gasteiger partial charge in [0.25, 0.3) is 0 Å². The van der Waals surface area contributed by atoms with E-state index < -0.39 is 0 Å². The van der Waals surface area contributed by atoms with Crippen LogP contribution in [0.25, 0.3) is 11.3 Å². The molecule has 0 unspecified atom stereocenters. The fourth-order valence-corrected chi connectivity index (χ4v) is 2.34. The maximum Gasteiger partial charge on any atom is 0.222 e. The monoisotopic (exact) mass is 296 g/mol. The number of benzene rings is 1. The van der Waals surface area contributed by atoms with E-state index in [1.54, 1.807) is 13.2 Å².